The molecule has 0 bridgehead atoms. The third-order valence-electron chi connectivity index (χ3n) is 4.79. The van der Waals surface area contributed by atoms with Gasteiger partial charge in [-0.1, -0.05) is 22.0 Å². The van der Waals surface area contributed by atoms with E-state index in [4.69, 9.17) is 0 Å². The molecule has 28 heavy (non-hydrogen) atoms. The fraction of sp³-hybridized carbons (Fsp3) is 0.190. The maximum absolute atomic E-state index is 14.4. The predicted octanol–water partition coefficient (Wildman–Crippen LogP) is 4.73. The van der Waals surface area contributed by atoms with Crippen molar-refractivity contribution in [3.8, 4) is 28.1 Å². The molecule has 0 radical (unpaired) electrons. The molecule has 1 aromatic heterocycles. The predicted molar refractivity (Wildman–Crippen MR) is 107 cm³/mol. The molecule has 2 aromatic carbocycles. The number of aromatic nitrogens is 1. The Morgan fingerprint density at radius 1 is 1.07 bits per heavy atom. The number of phenols is 1. The number of hydrogen-bond donors (Lipinski definition) is 2. The molecule has 4 nitrogen and oxygen atoms in total. The molecule has 7 heteroatoms. The van der Waals surface area contributed by atoms with E-state index in [-0.39, 0.29) is 11.3 Å². The number of aromatic hydroxyl groups is 1. The summed E-state index contributed by atoms with van der Waals surface area (Å²) in [6, 6.07) is 11.8. The van der Waals surface area contributed by atoms with Gasteiger partial charge in [-0.2, -0.15) is 0 Å². The fourth-order valence-electron chi connectivity index (χ4n) is 3.40. The average Bonchev–Trinajstić information content (AvgIpc) is 3.10. The van der Waals surface area contributed by atoms with Crippen molar-refractivity contribution in [2.75, 3.05) is 18.0 Å². The molecule has 1 fully saturated rings. The van der Waals surface area contributed by atoms with Crippen LogP contribution in [0.1, 0.15) is 6.42 Å². The highest BCUT2D eigenvalue weighted by Crippen LogP contribution is 2.37. The Morgan fingerprint density at radius 3 is 2.50 bits per heavy atom. The van der Waals surface area contributed by atoms with Crippen LogP contribution in [0.2, 0.25) is 0 Å². The summed E-state index contributed by atoms with van der Waals surface area (Å²) in [6.07, 6.45) is 0.121. The van der Waals surface area contributed by atoms with Gasteiger partial charge in [-0.05, 0) is 54.4 Å². The summed E-state index contributed by atoms with van der Waals surface area (Å²) in [5.41, 5.74) is 0.988. The minimum Gasteiger partial charge on any atom is -0.507 e. The summed E-state index contributed by atoms with van der Waals surface area (Å²) in [5.74, 6) is -0.855. The number of hydrogen-bond acceptors (Lipinski definition) is 4. The van der Waals surface area contributed by atoms with Crippen molar-refractivity contribution < 1.29 is 19.0 Å². The lowest BCUT2D eigenvalue weighted by molar-refractivity contribution is 0.198. The number of nitrogens with zero attached hydrogens (tertiary/aromatic N) is 2. The van der Waals surface area contributed by atoms with E-state index in [0.717, 1.165) is 4.47 Å². The van der Waals surface area contributed by atoms with Crippen LogP contribution in [0, 0.1) is 11.6 Å². The second-order valence-corrected chi connectivity index (χ2v) is 7.66. The quantitative estimate of drug-likeness (QED) is 0.610. The summed E-state index contributed by atoms with van der Waals surface area (Å²) in [4.78, 5) is 6.46. The molecule has 144 valence electrons. The normalized spacial score (nSPS) is 16.6. The van der Waals surface area contributed by atoms with Crippen LogP contribution < -0.4 is 4.90 Å². The molecular formula is C21H17BrF2N2O2. The zero-order valence-electron chi connectivity index (χ0n) is 14.7. The number of aliphatic hydroxyl groups is 1. The second-order valence-electron chi connectivity index (χ2n) is 6.75. The number of phenolic OH excluding ortho intramolecular Hbond substituents is 1. The van der Waals surface area contributed by atoms with E-state index in [1.54, 1.807) is 24.3 Å². The summed E-state index contributed by atoms with van der Waals surface area (Å²) in [5, 5.41) is 20.2. The fourth-order valence-corrected chi connectivity index (χ4v) is 3.76. The number of β-amino-alcohol motifs (C(OH)–C–C–N with tert-alkyl or cyclic N) is 1. The largest absolute Gasteiger partial charge is 0.507 e. The Balaban J connectivity index is 1.92. The SMILES string of the molecule is Oc1ccc(Br)cc1-c1cc(-c2c(F)cccc2F)cc(N2CCC(O)C2)n1. The maximum atomic E-state index is 14.4. The van der Waals surface area contributed by atoms with Crippen molar-refractivity contribution in [1.82, 2.24) is 4.98 Å². The van der Waals surface area contributed by atoms with Crippen molar-refractivity contribution >= 4 is 21.7 Å². The highest BCUT2D eigenvalue weighted by atomic mass is 79.9. The Bertz CT molecular complexity index is 1020. The van der Waals surface area contributed by atoms with Gasteiger partial charge in [0, 0.05) is 23.1 Å². The highest BCUT2D eigenvalue weighted by molar-refractivity contribution is 9.10. The molecule has 0 saturated carbocycles. The standard InChI is InChI=1S/C21H17BrF2N2O2/c22-13-4-5-19(28)15(10-13)18-8-12(21-16(23)2-1-3-17(21)24)9-20(25-18)26-7-6-14(27)11-26/h1-5,8-10,14,27-28H,6-7,11H2. The van der Waals surface area contributed by atoms with Crippen LogP contribution in [-0.2, 0) is 0 Å². The molecule has 2 heterocycles. The molecule has 1 aliphatic heterocycles. The average molecular weight is 447 g/mol. The van der Waals surface area contributed by atoms with Crippen LogP contribution in [0.25, 0.3) is 22.4 Å². The number of aliphatic hydroxyl groups excluding tert-OH is 1. The third kappa shape index (κ3) is 3.59. The van der Waals surface area contributed by atoms with E-state index in [2.05, 4.69) is 20.9 Å². The topological polar surface area (TPSA) is 56.6 Å². The summed E-state index contributed by atoms with van der Waals surface area (Å²) in [7, 11) is 0. The first-order valence-electron chi connectivity index (χ1n) is 8.81. The molecular weight excluding hydrogens is 430 g/mol. The minimum absolute atomic E-state index is 0.00858. The molecule has 4 rings (SSSR count). The van der Waals surface area contributed by atoms with Gasteiger partial charge < -0.3 is 15.1 Å². The molecule has 1 aliphatic rings. The van der Waals surface area contributed by atoms with Gasteiger partial charge in [0.1, 0.15) is 23.2 Å². The highest BCUT2D eigenvalue weighted by Gasteiger charge is 2.24. The van der Waals surface area contributed by atoms with E-state index in [0.29, 0.717) is 42.1 Å². The van der Waals surface area contributed by atoms with Crippen molar-refractivity contribution in [2.45, 2.75) is 12.5 Å². The summed E-state index contributed by atoms with van der Waals surface area (Å²) >= 11 is 3.37. The van der Waals surface area contributed by atoms with Gasteiger partial charge in [-0.3, -0.25) is 0 Å². The molecule has 0 aliphatic carbocycles. The first-order valence-corrected chi connectivity index (χ1v) is 9.60. The van der Waals surface area contributed by atoms with E-state index < -0.39 is 17.7 Å². The van der Waals surface area contributed by atoms with Crippen molar-refractivity contribution in [1.29, 1.82) is 0 Å². The first-order chi connectivity index (χ1) is 13.4. The number of benzene rings is 2. The second kappa shape index (κ2) is 7.48. The summed E-state index contributed by atoms with van der Waals surface area (Å²) < 4.78 is 29.6. The van der Waals surface area contributed by atoms with E-state index in [9.17, 15) is 19.0 Å². The smallest absolute Gasteiger partial charge is 0.133 e. The van der Waals surface area contributed by atoms with E-state index in [1.807, 2.05) is 4.90 Å². The Labute approximate surface area is 169 Å². The Hall–Kier alpha value is -2.51. The van der Waals surface area contributed by atoms with Crippen LogP contribution in [0.5, 0.6) is 5.75 Å². The lowest BCUT2D eigenvalue weighted by Crippen LogP contribution is -2.22. The zero-order chi connectivity index (χ0) is 19.8. The van der Waals surface area contributed by atoms with Crippen molar-refractivity contribution in [2.24, 2.45) is 0 Å². The molecule has 1 atom stereocenters. The first kappa shape index (κ1) is 18.8. The molecule has 1 saturated heterocycles. The third-order valence-corrected chi connectivity index (χ3v) is 5.28. The molecule has 2 N–H and O–H groups in total. The number of anilines is 1. The Kier molecular flexibility index (Phi) is 5.03. The van der Waals surface area contributed by atoms with Crippen LogP contribution >= 0.6 is 15.9 Å². The molecule has 1 unspecified atom stereocenters. The van der Waals surface area contributed by atoms with Gasteiger partial charge in [-0.25, -0.2) is 13.8 Å². The number of rotatable bonds is 3. The van der Waals surface area contributed by atoms with Gasteiger partial charge in [0.05, 0.1) is 17.4 Å². The van der Waals surface area contributed by atoms with Gasteiger partial charge in [-0.15, -0.1) is 0 Å². The van der Waals surface area contributed by atoms with Crippen molar-refractivity contribution in [3.05, 3.63) is 64.6 Å². The van der Waals surface area contributed by atoms with Crippen LogP contribution in [-0.4, -0.2) is 34.4 Å². The number of halogens is 3. The molecule has 0 spiro atoms. The van der Waals surface area contributed by atoms with Gasteiger partial charge in [0.25, 0.3) is 0 Å². The van der Waals surface area contributed by atoms with Gasteiger partial charge in [0.15, 0.2) is 0 Å². The Morgan fingerprint density at radius 2 is 1.82 bits per heavy atom. The summed E-state index contributed by atoms with van der Waals surface area (Å²) in [6.45, 7) is 0.974. The minimum atomic E-state index is -0.678. The number of pyridine rings is 1. The molecule has 3 aromatic rings. The molecule has 0 amide bonds. The van der Waals surface area contributed by atoms with E-state index >= 15 is 0 Å². The monoisotopic (exact) mass is 446 g/mol. The van der Waals surface area contributed by atoms with Gasteiger partial charge >= 0.3 is 0 Å². The van der Waals surface area contributed by atoms with Crippen LogP contribution in [0.3, 0.4) is 0 Å². The van der Waals surface area contributed by atoms with Crippen molar-refractivity contribution in [3.63, 3.8) is 0 Å². The van der Waals surface area contributed by atoms with Crippen LogP contribution in [0.15, 0.2) is 53.0 Å². The lowest BCUT2D eigenvalue weighted by Gasteiger charge is -2.19. The van der Waals surface area contributed by atoms with Gasteiger partial charge in [0.2, 0.25) is 0 Å². The van der Waals surface area contributed by atoms with Crippen LogP contribution in [0.4, 0.5) is 14.6 Å². The van der Waals surface area contributed by atoms with E-state index in [1.165, 1.54) is 24.3 Å². The zero-order valence-corrected chi connectivity index (χ0v) is 16.3. The maximum Gasteiger partial charge on any atom is 0.133 e. The lowest BCUT2D eigenvalue weighted by atomic mass is 10.0.